The molecule has 1 aromatic heterocycles. The van der Waals surface area contributed by atoms with Crippen molar-refractivity contribution in [1.29, 1.82) is 0 Å². The molecule has 0 aliphatic carbocycles. The lowest BCUT2D eigenvalue weighted by Crippen LogP contribution is -2.28. The molecule has 0 unspecified atom stereocenters. The van der Waals surface area contributed by atoms with Crippen LogP contribution in [0.1, 0.15) is 29.9 Å². The summed E-state index contributed by atoms with van der Waals surface area (Å²) in [4.78, 5) is 20.7. The maximum absolute atomic E-state index is 12.3. The van der Waals surface area contributed by atoms with Crippen LogP contribution in [0.25, 0.3) is 0 Å². The number of nitrogens with one attached hydrogen (secondary N) is 1. The molecule has 1 heterocycles. The predicted molar refractivity (Wildman–Crippen MR) is 111 cm³/mol. The monoisotopic (exact) mass is 458 g/mol. The standard InChI is InChI=1S/C20H22ClF3N4O3/c1-12(2)11-28-18(25)16-9-13(5-6-26-16)19(29)27-7-8-30-17-4-3-14(10-15(17)21)31-20(22,23)24/h3-6,9-10,12H,7-8,11H2,1-2H3,(H2,25,28)(H,27,29). The van der Waals surface area contributed by atoms with Gasteiger partial charge in [-0.2, -0.15) is 0 Å². The Morgan fingerprint density at radius 1 is 1.29 bits per heavy atom. The van der Waals surface area contributed by atoms with Crippen LogP contribution in [0.15, 0.2) is 41.5 Å². The van der Waals surface area contributed by atoms with Gasteiger partial charge in [0.15, 0.2) is 0 Å². The topological polar surface area (TPSA) is 98.8 Å². The molecule has 168 valence electrons. The Balaban J connectivity index is 1.87. The van der Waals surface area contributed by atoms with Crippen LogP contribution in [-0.2, 0) is 0 Å². The number of carbonyl (C=O) groups is 1. The first-order chi connectivity index (χ1) is 14.5. The van der Waals surface area contributed by atoms with Crippen LogP contribution in [0.5, 0.6) is 11.5 Å². The highest BCUT2D eigenvalue weighted by atomic mass is 35.5. The average Bonchev–Trinajstić information content (AvgIpc) is 2.69. The molecule has 0 radical (unpaired) electrons. The van der Waals surface area contributed by atoms with E-state index in [1.807, 2.05) is 13.8 Å². The molecule has 31 heavy (non-hydrogen) atoms. The lowest BCUT2D eigenvalue weighted by molar-refractivity contribution is -0.274. The number of aliphatic imine (C=N–C) groups is 1. The molecule has 3 N–H and O–H groups in total. The molecule has 1 amide bonds. The second-order valence-corrected chi connectivity index (χ2v) is 7.20. The Bertz CT molecular complexity index is 936. The van der Waals surface area contributed by atoms with E-state index in [9.17, 15) is 18.0 Å². The smallest absolute Gasteiger partial charge is 0.490 e. The number of amidine groups is 1. The Kier molecular flexibility index (Phi) is 8.49. The summed E-state index contributed by atoms with van der Waals surface area (Å²) in [6, 6.07) is 6.39. The number of benzene rings is 1. The van der Waals surface area contributed by atoms with Gasteiger partial charge in [0.2, 0.25) is 0 Å². The SMILES string of the molecule is CC(C)CN=C(N)c1cc(C(=O)NCCOc2ccc(OC(F)(F)F)cc2Cl)ccn1. The first-order valence-corrected chi connectivity index (χ1v) is 9.65. The third kappa shape index (κ3) is 8.33. The van der Waals surface area contributed by atoms with Crippen molar-refractivity contribution in [2.24, 2.45) is 16.6 Å². The minimum Gasteiger partial charge on any atom is -0.490 e. The summed E-state index contributed by atoms with van der Waals surface area (Å²) in [5.74, 6) is -0.0799. The first-order valence-electron chi connectivity index (χ1n) is 9.28. The quantitative estimate of drug-likeness (QED) is 0.338. The summed E-state index contributed by atoms with van der Waals surface area (Å²) >= 11 is 5.90. The van der Waals surface area contributed by atoms with Crippen LogP contribution in [0.4, 0.5) is 13.2 Å². The Labute approximate surface area is 182 Å². The van der Waals surface area contributed by atoms with Crippen molar-refractivity contribution in [2.45, 2.75) is 20.2 Å². The second-order valence-electron chi connectivity index (χ2n) is 6.79. The molecule has 11 heteroatoms. The van der Waals surface area contributed by atoms with Gasteiger partial charge in [0.05, 0.1) is 11.6 Å². The van der Waals surface area contributed by atoms with Crippen LogP contribution >= 0.6 is 11.6 Å². The highest BCUT2D eigenvalue weighted by Gasteiger charge is 2.31. The zero-order chi connectivity index (χ0) is 23.0. The number of amides is 1. The van der Waals surface area contributed by atoms with Gasteiger partial charge in [0.1, 0.15) is 29.6 Å². The van der Waals surface area contributed by atoms with Crippen molar-refractivity contribution in [3.05, 3.63) is 52.8 Å². The molecule has 0 atom stereocenters. The fraction of sp³-hybridized carbons (Fsp3) is 0.350. The number of alkyl halides is 3. The summed E-state index contributed by atoms with van der Waals surface area (Å²) in [6.45, 7) is 4.74. The van der Waals surface area contributed by atoms with Crippen molar-refractivity contribution < 1.29 is 27.4 Å². The van der Waals surface area contributed by atoms with E-state index in [1.165, 1.54) is 24.4 Å². The van der Waals surface area contributed by atoms with Gasteiger partial charge in [0, 0.05) is 24.4 Å². The third-order valence-corrected chi connectivity index (χ3v) is 3.99. The van der Waals surface area contributed by atoms with Gasteiger partial charge in [-0.25, -0.2) is 0 Å². The first kappa shape index (κ1) is 24.3. The number of rotatable bonds is 9. The molecule has 0 saturated heterocycles. The molecular weight excluding hydrogens is 437 g/mol. The number of aromatic nitrogens is 1. The molecule has 0 bridgehead atoms. The van der Waals surface area contributed by atoms with Gasteiger partial charge in [-0.1, -0.05) is 25.4 Å². The van der Waals surface area contributed by atoms with Gasteiger partial charge in [-0.3, -0.25) is 14.8 Å². The van der Waals surface area contributed by atoms with E-state index < -0.39 is 12.1 Å². The van der Waals surface area contributed by atoms with Crippen LogP contribution in [-0.4, -0.2) is 42.8 Å². The second kappa shape index (κ2) is 10.9. The lowest BCUT2D eigenvalue weighted by Gasteiger charge is -2.12. The van der Waals surface area contributed by atoms with Crippen LogP contribution < -0.4 is 20.5 Å². The van der Waals surface area contributed by atoms with E-state index >= 15 is 0 Å². The molecule has 0 fully saturated rings. The average molecular weight is 459 g/mol. The lowest BCUT2D eigenvalue weighted by atomic mass is 10.2. The Morgan fingerprint density at radius 3 is 2.68 bits per heavy atom. The molecular formula is C20H22ClF3N4O3. The zero-order valence-corrected chi connectivity index (χ0v) is 17.6. The molecule has 7 nitrogen and oxygen atoms in total. The van der Waals surface area contributed by atoms with E-state index in [0.29, 0.717) is 23.7 Å². The number of hydrogen-bond donors (Lipinski definition) is 2. The zero-order valence-electron chi connectivity index (χ0n) is 16.9. The summed E-state index contributed by atoms with van der Waals surface area (Å²) in [5, 5.41) is 2.61. The van der Waals surface area contributed by atoms with E-state index in [4.69, 9.17) is 22.1 Å². The van der Waals surface area contributed by atoms with Gasteiger partial charge in [0.25, 0.3) is 5.91 Å². The van der Waals surface area contributed by atoms with Gasteiger partial charge in [-0.05, 0) is 30.2 Å². The molecule has 2 aromatic rings. The number of pyridine rings is 1. The summed E-state index contributed by atoms with van der Waals surface area (Å²) in [7, 11) is 0. The molecule has 1 aromatic carbocycles. The number of hydrogen-bond acceptors (Lipinski definition) is 5. The molecule has 2 rings (SSSR count). The Morgan fingerprint density at radius 2 is 2.03 bits per heavy atom. The van der Waals surface area contributed by atoms with E-state index in [2.05, 4.69) is 20.0 Å². The predicted octanol–water partition coefficient (Wildman–Crippen LogP) is 3.80. The molecule has 0 spiro atoms. The maximum atomic E-state index is 12.3. The molecule has 0 aliphatic heterocycles. The van der Waals surface area contributed by atoms with E-state index in [-0.39, 0.29) is 35.7 Å². The van der Waals surface area contributed by atoms with E-state index in [0.717, 1.165) is 12.1 Å². The summed E-state index contributed by atoms with van der Waals surface area (Å²) in [5.41, 5.74) is 6.66. The normalized spacial score (nSPS) is 12.0. The molecule has 0 saturated carbocycles. The number of carbonyl (C=O) groups excluding carboxylic acids is 1. The van der Waals surface area contributed by atoms with E-state index in [1.54, 1.807) is 0 Å². The van der Waals surface area contributed by atoms with Gasteiger partial charge >= 0.3 is 6.36 Å². The maximum Gasteiger partial charge on any atom is 0.573 e. The van der Waals surface area contributed by atoms with Crippen LogP contribution in [0.2, 0.25) is 5.02 Å². The van der Waals surface area contributed by atoms with Crippen molar-refractivity contribution in [3.63, 3.8) is 0 Å². The fourth-order valence-electron chi connectivity index (χ4n) is 2.30. The highest BCUT2D eigenvalue weighted by molar-refractivity contribution is 6.32. The number of ether oxygens (including phenoxy) is 2. The number of nitrogens with two attached hydrogens (primary N) is 1. The van der Waals surface area contributed by atoms with Crippen molar-refractivity contribution in [2.75, 3.05) is 19.7 Å². The third-order valence-electron chi connectivity index (χ3n) is 3.69. The molecule has 0 aliphatic rings. The Hall–Kier alpha value is -3.01. The summed E-state index contributed by atoms with van der Waals surface area (Å²) in [6.07, 6.45) is -3.35. The fourth-order valence-corrected chi connectivity index (χ4v) is 2.52. The van der Waals surface area contributed by atoms with Crippen molar-refractivity contribution >= 4 is 23.3 Å². The minimum absolute atomic E-state index is 0.0425. The largest absolute Gasteiger partial charge is 0.573 e. The van der Waals surface area contributed by atoms with Crippen molar-refractivity contribution in [1.82, 2.24) is 10.3 Å². The van der Waals surface area contributed by atoms with Crippen LogP contribution in [0.3, 0.4) is 0 Å². The summed E-state index contributed by atoms with van der Waals surface area (Å²) < 4.78 is 45.8. The van der Waals surface area contributed by atoms with Crippen LogP contribution in [0, 0.1) is 5.92 Å². The minimum atomic E-state index is -4.81. The van der Waals surface area contributed by atoms with Crippen molar-refractivity contribution in [3.8, 4) is 11.5 Å². The number of nitrogens with zero attached hydrogens (tertiary/aromatic N) is 2. The van der Waals surface area contributed by atoms with Gasteiger partial charge < -0.3 is 20.5 Å². The number of halogens is 4. The highest BCUT2D eigenvalue weighted by Crippen LogP contribution is 2.31. The van der Waals surface area contributed by atoms with Gasteiger partial charge in [-0.15, -0.1) is 13.2 Å².